The van der Waals surface area contributed by atoms with Crippen LogP contribution in [0.15, 0.2) is 12.1 Å². The lowest BCUT2D eigenvalue weighted by molar-refractivity contribution is -0.117. The first-order valence-corrected chi connectivity index (χ1v) is 6.93. The van der Waals surface area contributed by atoms with Gasteiger partial charge in [-0.25, -0.2) is 4.98 Å². The number of nitrogens with one attached hydrogen (secondary N) is 1. The van der Waals surface area contributed by atoms with Gasteiger partial charge in [-0.1, -0.05) is 11.6 Å². The third-order valence-corrected chi connectivity index (χ3v) is 3.31. The Morgan fingerprint density at radius 2 is 2.38 bits per heavy atom. The van der Waals surface area contributed by atoms with Crippen molar-refractivity contribution in [1.82, 2.24) is 4.98 Å². The molecule has 2 rings (SSSR count). The van der Waals surface area contributed by atoms with Crippen molar-refractivity contribution in [3.8, 4) is 0 Å². The van der Waals surface area contributed by atoms with Gasteiger partial charge in [0, 0.05) is 11.7 Å². The van der Waals surface area contributed by atoms with Gasteiger partial charge < -0.3 is 5.32 Å². The number of rotatable bonds is 4. The van der Waals surface area contributed by atoms with Gasteiger partial charge in [-0.2, -0.15) is 11.8 Å². The summed E-state index contributed by atoms with van der Waals surface area (Å²) < 4.78 is 0. The molecule has 86 valence electrons. The van der Waals surface area contributed by atoms with Crippen LogP contribution in [-0.2, 0) is 10.5 Å². The molecule has 0 aliphatic heterocycles. The van der Waals surface area contributed by atoms with Crippen molar-refractivity contribution >= 4 is 35.1 Å². The van der Waals surface area contributed by atoms with E-state index in [0.717, 1.165) is 24.3 Å². The topological polar surface area (TPSA) is 42.0 Å². The molecule has 1 aliphatic rings. The van der Waals surface area contributed by atoms with Crippen LogP contribution in [0.2, 0.25) is 5.02 Å². The molecule has 1 N–H and O–H groups in total. The van der Waals surface area contributed by atoms with Gasteiger partial charge in [0.25, 0.3) is 0 Å². The number of aromatic nitrogens is 1. The molecule has 1 fully saturated rings. The van der Waals surface area contributed by atoms with Crippen LogP contribution < -0.4 is 5.32 Å². The Bertz CT molecular complexity index is 407. The second kappa shape index (κ2) is 5.06. The van der Waals surface area contributed by atoms with E-state index in [2.05, 4.69) is 10.3 Å². The molecule has 1 saturated carbocycles. The second-order valence-corrected chi connectivity index (χ2v) is 5.09. The Kier molecular flexibility index (Phi) is 3.71. The second-order valence-electron chi connectivity index (χ2n) is 3.82. The smallest absolute Gasteiger partial charge is 0.228 e. The molecule has 0 atom stereocenters. The molecule has 16 heavy (non-hydrogen) atoms. The summed E-state index contributed by atoms with van der Waals surface area (Å²) in [6.45, 7) is 0. The highest BCUT2D eigenvalue weighted by Gasteiger charge is 2.29. The van der Waals surface area contributed by atoms with Crippen molar-refractivity contribution < 1.29 is 4.79 Å². The number of nitrogens with zero attached hydrogens (tertiary/aromatic N) is 1. The van der Waals surface area contributed by atoms with E-state index in [1.807, 2.05) is 6.26 Å². The summed E-state index contributed by atoms with van der Waals surface area (Å²) in [5.41, 5.74) is 0.822. The van der Waals surface area contributed by atoms with Crippen molar-refractivity contribution in [1.29, 1.82) is 0 Å². The number of amides is 1. The van der Waals surface area contributed by atoms with Gasteiger partial charge in [0.05, 0.1) is 10.7 Å². The number of halogens is 1. The van der Waals surface area contributed by atoms with Crippen LogP contribution in [-0.4, -0.2) is 17.1 Å². The van der Waals surface area contributed by atoms with Gasteiger partial charge in [-0.05, 0) is 31.2 Å². The minimum Gasteiger partial charge on any atom is -0.310 e. The Balaban J connectivity index is 2.08. The Morgan fingerprint density at radius 1 is 1.62 bits per heavy atom. The van der Waals surface area contributed by atoms with Crippen LogP contribution in [0.25, 0.3) is 0 Å². The van der Waals surface area contributed by atoms with E-state index in [4.69, 9.17) is 11.6 Å². The number of hydrogen-bond acceptors (Lipinski definition) is 3. The predicted octanol–water partition coefficient (Wildman–Crippen LogP) is 2.95. The molecule has 1 aromatic rings. The van der Waals surface area contributed by atoms with Crippen LogP contribution in [0, 0.1) is 5.92 Å². The fraction of sp³-hybridized carbons (Fsp3) is 0.455. The van der Waals surface area contributed by atoms with E-state index in [0.29, 0.717) is 10.8 Å². The number of carbonyl (C=O) groups is 1. The third-order valence-electron chi connectivity index (χ3n) is 2.40. The first-order valence-electron chi connectivity index (χ1n) is 5.16. The van der Waals surface area contributed by atoms with Crippen LogP contribution in [0.3, 0.4) is 0 Å². The zero-order valence-corrected chi connectivity index (χ0v) is 10.6. The van der Waals surface area contributed by atoms with Crippen molar-refractivity contribution in [2.45, 2.75) is 18.6 Å². The molecule has 0 unspecified atom stereocenters. The fourth-order valence-electron chi connectivity index (χ4n) is 1.37. The van der Waals surface area contributed by atoms with Crippen molar-refractivity contribution in [3.05, 3.63) is 22.8 Å². The largest absolute Gasteiger partial charge is 0.310 e. The van der Waals surface area contributed by atoms with Crippen molar-refractivity contribution in [2.75, 3.05) is 11.6 Å². The number of carbonyl (C=O) groups excluding carboxylic acids is 1. The molecule has 0 saturated heterocycles. The van der Waals surface area contributed by atoms with Gasteiger partial charge in [0.2, 0.25) is 5.91 Å². The minimum absolute atomic E-state index is 0.0740. The van der Waals surface area contributed by atoms with E-state index >= 15 is 0 Å². The molecule has 5 heteroatoms. The first kappa shape index (κ1) is 11.7. The Morgan fingerprint density at radius 3 is 3.00 bits per heavy atom. The summed E-state index contributed by atoms with van der Waals surface area (Å²) in [4.78, 5) is 15.9. The molecule has 1 aromatic heterocycles. The summed E-state index contributed by atoms with van der Waals surface area (Å²) in [5, 5.41) is 3.46. The Hall–Kier alpha value is -0.740. The highest BCUT2D eigenvalue weighted by atomic mass is 35.5. The zero-order chi connectivity index (χ0) is 11.5. The highest BCUT2D eigenvalue weighted by Crippen LogP contribution is 2.30. The quantitative estimate of drug-likeness (QED) is 0.901. The van der Waals surface area contributed by atoms with Crippen LogP contribution in [0.1, 0.15) is 18.5 Å². The zero-order valence-electron chi connectivity index (χ0n) is 9.00. The van der Waals surface area contributed by atoms with Crippen molar-refractivity contribution in [2.24, 2.45) is 5.92 Å². The molecular formula is C11H13ClN2OS. The van der Waals surface area contributed by atoms with E-state index in [1.54, 1.807) is 23.9 Å². The van der Waals surface area contributed by atoms with Gasteiger partial charge in [0.1, 0.15) is 5.82 Å². The summed E-state index contributed by atoms with van der Waals surface area (Å²) in [7, 11) is 0. The normalized spacial score (nSPS) is 14.9. The molecular weight excluding hydrogens is 244 g/mol. The number of hydrogen-bond donors (Lipinski definition) is 1. The molecule has 3 nitrogen and oxygen atoms in total. The lowest BCUT2D eigenvalue weighted by Gasteiger charge is -2.06. The van der Waals surface area contributed by atoms with Gasteiger partial charge in [-0.3, -0.25) is 4.79 Å². The van der Waals surface area contributed by atoms with Crippen LogP contribution in [0.5, 0.6) is 0 Å². The monoisotopic (exact) mass is 256 g/mol. The number of anilines is 1. The molecule has 0 radical (unpaired) electrons. The maximum absolute atomic E-state index is 11.5. The molecule has 0 spiro atoms. The van der Waals surface area contributed by atoms with Gasteiger partial charge >= 0.3 is 0 Å². The highest BCUT2D eigenvalue weighted by molar-refractivity contribution is 7.97. The Labute approximate surface area is 104 Å². The first-order chi connectivity index (χ1) is 7.70. The SMILES string of the molecule is CSCc1nc(NC(=O)C2CC2)ccc1Cl. The minimum atomic E-state index is 0.0740. The summed E-state index contributed by atoms with van der Waals surface area (Å²) in [6, 6.07) is 3.52. The predicted molar refractivity (Wildman–Crippen MR) is 67.8 cm³/mol. The summed E-state index contributed by atoms with van der Waals surface area (Å²) in [5.74, 6) is 1.63. The third kappa shape index (κ3) is 2.89. The van der Waals surface area contributed by atoms with E-state index < -0.39 is 0 Å². The summed E-state index contributed by atoms with van der Waals surface area (Å²) in [6.07, 6.45) is 3.99. The fourth-order valence-corrected chi connectivity index (χ4v) is 2.11. The maximum atomic E-state index is 11.5. The van der Waals surface area contributed by atoms with Gasteiger partial charge in [0.15, 0.2) is 0 Å². The van der Waals surface area contributed by atoms with Gasteiger partial charge in [-0.15, -0.1) is 0 Å². The number of pyridine rings is 1. The number of thioether (sulfide) groups is 1. The standard InChI is InChI=1S/C11H13ClN2OS/c1-16-6-9-8(12)4-5-10(13-9)14-11(15)7-2-3-7/h4-5,7H,2-3,6H2,1H3,(H,13,14,15). The van der Waals surface area contributed by atoms with Crippen molar-refractivity contribution in [3.63, 3.8) is 0 Å². The lowest BCUT2D eigenvalue weighted by atomic mass is 10.3. The molecule has 1 heterocycles. The lowest BCUT2D eigenvalue weighted by Crippen LogP contribution is -2.14. The average Bonchev–Trinajstić information content (AvgIpc) is 3.07. The van der Waals surface area contributed by atoms with E-state index in [1.165, 1.54) is 0 Å². The summed E-state index contributed by atoms with van der Waals surface area (Å²) >= 11 is 7.65. The molecule has 1 amide bonds. The maximum Gasteiger partial charge on any atom is 0.228 e. The molecule has 0 bridgehead atoms. The van der Waals surface area contributed by atoms with Crippen LogP contribution >= 0.6 is 23.4 Å². The average molecular weight is 257 g/mol. The van der Waals surface area contributed by atoms with E-state index in [9.17, 15) is 4.79 Å². The van der Waals surface area contributed by atoms with Crippen LogP contribution in [0.4, 0.5) is 5.82 Å². The molecule has 0 aromatic carbocycles. The van der Waals surface area contributed by atoms with E-state index in [-0.39, 0.29) is 11.8 Å². The molecule has 1 aliphatic carbocycles.